The van der Waals surface area contributed by atoms with Gasteiger partial charge in [0.2, 0.25) is 16.8 Å². The molecule has 1 N–H and O–H groups in total. The maximum Gasteiger partial charge on any atom is 0.286 e. The van der Waals surface area contributed by atoms with Crippen LogP contribution in [0.15, 0.2) is 35.5 Å². The molecule has 3 aromatic rings. The van der Waals surface area contributed by atoms with Crippen LogP contribution < -0.4 is 9.46 Å². The van der Waals surface area contributed by atoms with E-state index in [0.717, 1.165) is 26.9 Å². The van der Waals surface area contributed by atoms with Gasteiger partial charge in [-0.2, -0.15) is 13.5 Å². The fourth-order valence-corrected chi connectivity index (χ4v) is 6.50. The summed E-state index contributed by atoms with van der Waals surface area (Å²) in [5.74, 6) is -2.56. The number of hydrogen-bond donors (Lipinski definition) is 1. The first-order valence-electron chi connectivity index (χ1n) is 14.2. The number of carbonyl (C=O) groups is 2. The van der Waals surface area contributed by atoms with Crippen LogP contribution in [0.3, 0.4) is 0 Å². The van der Waals surface area contributed by atoms with Crippen LogP contribution in [-0.4, -0.2) is 84.6 Å². The van der Waals surface area contributed by atoms with Crippen molar-refractivity contribution in [3.8, 4) is 17.0 Å². The third-order valence-electron chi connectivity index (χ3n) is 7.87. The van der Waals surface area contributed by atoms with Crippen molar-refractivity contribution in [2.45, 2.75) is 57.5 Å². The topological polar surface area (TPSA) is 127 Å². The number of nitrogens with one attached hydrogen (secondary N) is 1. The van der Waals surface area contributed by atoms with Gasteiger partial charge in [0.25, 0.3) is 15.9 Å². The molecule has 0 atom stereocenters. The van der Waals surface area contributed by atoms with Crippen molar-refractivity contribution < 1.29 is 27.1 Å². The Morgan fingerprint density at radius 2 is 1.84 bits per heavy atom. The molecule has 0 spiro atoms. The summed E-state index contributed by atoms with van der Waals surface area (Å²) in [4.78, 5) is 34.9. The summed E-state index contributed by atoms with van der Waals surface area (Å²) in [6.07, 6.45) is 1.30. The van der Waals surface area contributed by atoms with Crippen LogP contribution in [0.2, 0.25) is 0 Å². The van der Waals surface area contributed by atoms with Gasteiger partial charge in [0.05, 0.1) is 12.0 Å². The molecule has 43 heavy (non-hydrogen) atoms. The van der Waals surface area contributed by atoms with Gasteiger partial charge in [-0.1, -0.05) is 31.5 Å². The number of halogens is 1. The third-order valence-corrected chi connectivity index (χ3v) is 9.14. The van der Waals surface area contributed by atoms with Gasteiger partial charge in [0.15, 0.2) is 11.5 Å². The lowest BCUT2D eigenvalue weighted by atomic mass is 9.87. The van der Waals surface area contributed by atoms with E-state index in [0.29, 0.717) is 31.7 Å². The third kappa shape index (κ3) is 6.00. The molecule has 0 radical (unpaired) electrons. The molecular weight excluding hydrogens is 575 g/mol. The summed E-state index contributed by atoms with van der Waals surface area (Å²) in [6, 6.07) is 7.45. The van der Waals surface area contributed by atoms with Crippen molar-refractivity contribution in [1.82, 2.24) is 29.3 Å². The highest BCUT2D eigenvalue weighted by Gasteiger charge is 2.40. The van der Waals surface area contributed by atoms with Crippen molar-refractivity contribution >= 4 is 21.8 Å². The number of benzene rings is 1. The lowest BCUT2D eigenvalue weighted by molar-refractivity contribution is -0.118. The zero-order valence-corrected chi connectivity index (χ0v) is 26.1. The van der Waals surface area contributed by atoms with Gasteiger partial charge >= 0.3 is 0 Å². The summed E-state index contributed by atoms with van der Waals surface area (Å²) in [5.41, 5.74) is 2.26. The van der Waals surface area contributed by atoms with Crippen LogP contribution in [0.1, 0.15) is 60.8 Å². The van der Waals surface area contributed by atoms with Gasteiger partial charge in [-0.05, 0) is 62.1 Å². The molecule has 11 nitrogen and oxygen atoms in total. The zero-order chi connectivity index (χ0) is 31.3. The average Bonchev–Trinajstić information content (AvgIpc) is 3.31. The number of pyridine rings is 1. The largest absolute Gasteiger partial charge is 0.475 e. The van der Waals surface area contributed by atoms with Crippen LogP contribution in [0, 0.1) is 12.7 Å². The van der Waals surface area contributed by atoms with E-state index in [4.69, 9.17) is 4.74 Å². The smallest absolute Gasteiger partial charge is 0.286 e. The first-order chi connectivity index (χ1) is 20.2. The Morgan fingerprint density at radius 3 is 2.51 bits per heavy atom. The van der Waals surface area contributed by atoms with E-state index >= 15 is 4.39 Å². The number of ether oxygens (including phenoxy) is 1. The summed E-state index contributed by atoms with van der Waals surface area (Å²) in [6.45, 7) is 11.0. The Labute approximate surface area is 251 Å². The normalized spacial score (nSPS) is 18.7. The molecule has 2 aliphatic heterocycles. The molecule has 230 valence electrons. The molecule has 5 rings (SSSR count). The Hall–Kier alpha value is -3.84. The van der Waals surface area contributed by atoms with Crippen LogP contribution in [0.4, 0.5) is 4.39 Å². The lowest BCUT2D eigenvalue weighted by Crippen LogP contribution is -2.48. The number of carbonyl (C=O) groups excluding carboxylic acids is 2. The second-order valence-electron chi connectivity index (χ2n) is 12.2. The van der Waals surface area contributed by atoms with Crippen molar-refractivity contribution in [2.24, 2.45) is 0 Å². The second-order valence-corrected chi connectivity index (χ2v) is 13.8. The van der Waals surface area contributed by atoms with E-state index in [1.807, 2.05) is 49.6 Å². The van der Waals surface area contributed by atoms with E-state index < -0.39 is 43.9 Å². The van der Waals surface area contributed by atoms with Gasteiger partial charge in [0.1, 0.15) is 6.61 Å². The molecular formula is C30H37FN6O5S. The number of aryl methyl sites for hydroxylation is 1. The molecule has 13 heteroatoms. The minimum atomic E-state index is -4.80. The van der Waals surface area contributed by atoms with Gasteiger partial charge in [0, 0.05) is 38.4 Å². The standard InChI is InChI=1S/C30H37FN6O5S/c1-18(2)21-13-19(3)14-22-20-7-8-32-25(15-20)42-17-30(4,5)37-27(29(39)36-11-9-35(6)10-12-36)26(31)28(33-37)43(40,41)34-24(38)16-23(21)22/h7-8,13-15,18H,9-12,16-17H2,1-6H3,(H,34,38). The molecule has 0 saturated carbocycles. The maximum atomic E-state index is 16.1. The number of nitrogens with zero attached hydrogens (tertiary/aromatic N) is 5. The quantitative estimate of drug-likeness (QED) is 0.468. The fourth-order valence-electron chi connectivity index (χ4n) is 5.51. The molecule has 2 aliphatic rings. The molecule has 1 aromatic carbocycles. The highest BCUT2D eigenvalue weighted by atomic mass is 32.2. The zero-order valence-electron chi connectivity index (χ0n) is 25.3. The highest BCUT2D eigenvalue weighted by molar-refractivity contribution is 7.90. The molecule has 2 amide bonds. The minimum absolute atomic E-state index is 0.0230. The maximum absolute atomic E-state index is 16.1. The Morgan fingerprint density at radius 1 is 1.14 bits per heavy atom. The SMILES string of the molecule is Cc1cc2c(c(C(C)C)c1)CC(=O)NS(=O)(=O)c1nn(c(C(=O)N3CCN(C)CC3)c1F)C(C)(C)COc1cc-2ccn1. The second kappa shape index (κ2) is 11.3. The average molecular weight is 613 g/mol. The van der Waals surface area contributed by atoms with Crippen LogP contribution in [0.5, 0.6) is 5.88 Å². The van der Waals surface area contributed by atoms with E-state index in [1.165, 1.54) is 4.90 Å². The first-order valence-corrected chi connectivity index (χ1v) is 15.7. The minimum Gasteiger partial charge on any atom is -0.475 e. The summed E-state index contributed by atoms with van der Waals surface area (Å²) in [7, 11) is -2.88. The summed E-state index contributed by atoms with van der Waals surface area (Å²) in [5, 5.41) is 3.08. The first kappa shape index (κ1) is 30.6. The van der Waals surface area contributed by atoms with E-state index in [-0.39, 0.29) is 24.8 Å². The molecule has 1 fully saturated rings. The number of piperazine rings is 1. The molecule has 0 unspecified atom stereocenters. The van der Waals surface area contributed by atoms with Crippen molar-refractivity contribution in [3.05, 3.63) is 58.7 Å². The van der Waals surface area contributed by atoms with Gasteiger partial charge in [-0.15, -0.1) is 0 Å². The number of fused-ring (bicyclic) bond motifs is 6. The van der Waals surface area contributed by atoms with Crippen molar-refractivity contribution in [3.63, 3.8) is 0 Å². The summed E-state index contributed by atoms with van der Waals surface area (Å²) >= 11 is 0. The van der Waals surface area contributed by atoms with E-state index in [9.17, 15) is 18.0 Å². The number of aromatic nitrogens is 3. The molecule has 2 aromatic heterocycles. The predicted octanol–water partition coefficient (Wildman–Crippen LogP) is 3.08. The highest BCUT2D eigenvalue weighted by Crippen LogP contribution is 2.34. The monoisotopic (exact) mass is 612 g/mol. The lowest BCUT2D eigenvalue weighted by Gasteiger charge is -2.33. The number of sulfonamides is 1. The van der Waals surface area contributed by atoms with Gasteiger partial charge in [-0.3, -0.25) is 9.59 Å². The van der Waals surface area contributed by atoms with Crippen LogP contribution in [0.25, 0.3) is 11.1 Å². The van der Waals surface area contributed by atoms with Crippen molar-refractivity contribution in [1.29, 1.82) is 0 Å². The molecule has 0 aliphatic carbocycles. The number of amides is 2. The van der Waals surface area contributed by atoms with Gasteiger partial charge in [-0.25, -0.2) is 18.8 Å². The van der Waals surface area contributed by atoms with E-state index in [1.54, 1.807) is 32.2 Å². The van der Waals surface area contributed by atoms with Gasteiger partial charge < -0.3 is 14.5 Å². The Balaban J connectivity index is 1.67. The molecule has 1 saturated heterocycles. The number of rotatable bonds is 2. The van der Waals surface area contributed by atoms with Crippen molar-refractivity contribution in [2.75, 3.05) is 39.8 Å². The molecule has 4 heterocycles. The summed E-state index contributed by atoms with van der Waals surface area (Å²) < 4.78 is 52.3. The Bertz CT molecular complexity index is 1690. The van der Waals surface area contributed by atoms with Crippen LogP contribution >= 0.6 is 0 Å². The Kier molecular flexibility index (Phi) is 8.07. The van der Waals surface area contributed by atoms with Crippen LogP contribution in [-0.2, 0) is 26.8 Å². The predicted molar refractivity (Wildman–Crippen MR) is 158 cm³/mol. The fraction of sp³-hybridized carbons (Fsp3) is 0.467. The number of hydrogen-bond acceptors (Lipinski definition) is 8. The molecule has 4 bridgehead atoms. The van der Waals surface area contributed by atoms with E-state index in [2.05, 4.69) is 10.1 Å². The number of likely N-dealkylation sites (N-methyl/N-ethyl adjacent to an activating group) is 1.